The minimum absolute atomic E-state index is 1.76. The number of allylic oxidation sites excluding steroid dienone is 2. The van der Waals surface area contributed by atoms with Crippen LogP contribution in [0.4, 0.5) is 48.3 Å². The lowest BCUT2D eigenvalue weighted by atomic mass is 10.1. The number of alkyl halides is 11. The van der Waals surface area contributed by atoms with Gasteiger partial charge in [0.15, 0.2) is 0 Å². The minimum atomic E-state index is -6.23. The van der Waals surface area contributed by atoms with Crippen LogP contribution in [0.2, 0.25) is 0 Å². The van der Waals surface area contributed by atoms with Crippen molar-refractivity contribution in [3.63, 3.8) is 0 Å². The summed E-state index contributed by atoms with van der Waals surface area (Å²) >= 11 is 0. The van der Waals surface area contributed by atoms with Gasteiger partial charge < -0.3 is 0 Å². The Hall–Kier alpha value is -1.03. The topological polar surface area (TPSA) is 0 Å². The molecule has 0 atom stereocenters. The van der Waals surface area contributed by atoms with Gasteiger partial charge in [-0.15, -0.1) is 0 Å². The third kappa shape index (κ3) is 6.05. The van der Waals surface area contributed by atoms with Gasteiger partial charge in [0.25, 0.3) is 5.92 Å². The molecule has 0 nitrogen and oxygen atoms in total. The van der Waals surface area contributed by atoms with Crippen molar-refractivity contribution in [1.29, 1.82) is 0 Å². The normalized spacial score (nSPS) is 14.6. The second-order valence-corrected chi connectivity index (χ2v) is 3.11. The highest BCUT2D eigenvalue weighted by Crippen LogP contribution is 2.42. The molecule has 0 bridgehead atoms. The van der Waals surface area contributed by atoms with Gasteiger partial charge in [-0.05, 0) is 0 Å². The third-order valence-electron chi connectivity index (χ3n) is 1.40. The Morgan fingerprint density at radius 3 is 1.22 bits per heavy atom. The molecule has 0 amide bonds. The molecule has 0 aliphatic heterocycles. The summed E-state index contributed by atoms with van der Waals surface area (Å²) in [5.74, 6) is -5.31. The fourth-order valence-electron chi connectivity index (χ4n) is 0.854. The molecule has 0 radical (unpaired) electrons. The largest absolute Gasteiger partial charge is 0.421 e. The van der Waals surface area contributed by atoms with Gasteiger partial charge in [-0.3, -0.25) is 0 Å². The molecule has 11 heteroatoms. The fraction of sp³-hybridized carbons (Fsp3) is 0.714. The Kier molecular flexibility index (Phi) is 4.31. The quantitative estimate of drug-likeness (QED) is 0.515. The first-order valence-corrected chi connectivity index (χ1v) is 3.86. The van der Waals surface area contributed by atoms with E-state index in [1.807, 2.05) is 0 Å². The molecule has 0 aromatic heterocycles. The van der Waals surface area contributed by atoms with Crippen LogP contribution in [0.3, 0.4) is 0 Å². The molecule has 0 saturated carbocycles. The average molecular weight is 296 g/mol. The Morgan fingerprint density at radius 1 is 0.667 bits per heavy atom. The van der Waals surface area contributed by atoms with Crippen LogP contribution < -0.4 is 0 Å². The van der Waals surface area contributed by atoms with Crippen molar-refractivity contribution >= 4 is 0 Å². The number of halogens is 11. The zero-order valence-electron chi connectivity index (χ0n) is 7.94. The summed E-state index contributed by atoms with van der Waals surface area (Å²) in [5, 5.41) is 0. The molecule has 0 aliphatic rings. The number of hydrogen-bond donors (Lipinski definition) is 0. The SMILES string of the molecule is FC(F)(F)CC(F)(F)C=C(C(F)(F)F)C(F)(F)F. The van der Waals surface area contributed by atoms with E-state index in [1.165, 1.54) is 0 Å². The van der Waals surface area contributed by atoms with Crippen LogP contribution >= 0.6 is 0 Å². The van der Waals surface area contributed by atoms with Crippen molar-refractivity contribution in [1.82, 2.24) is 0 Å². The van der Waals surface area contributed by atoms with E-state index in [0.717, 1.165) is 0 Å². The molecule has 0 rings (SSSR count). The van der Waals surface area contributed by atoms with Gasteiger partial charge in [-0.2, -0.15) is 39.5 Å². The summed E-state index contributed by atoms with van der Waals surface area (Å²) in [7, 11) is 0. The van der Waals surface area contributed by atoms with Crippen LogP contribution in [0.1, 0.15) is 6.42 Å². The van der Waals surface area contributed by atoms with Crippen LogP contribution in [-0.2, 0) is 0 Å². The maximum atomic E-state index is 12.4. The summed E-state index contributed by atoms with van der Waals surface area (Å²) in [5.41, 5.74) is -3.68. The minimum Gasteiger partial charge on any atom is -0.202 e. The highest BCUT2D eigenvalue weighted by Gasteiger charge is 2.54. The van der Waals surface area contributed by atoms with E-state index in [-0.39, 0.29) is 0 Å². The molecule has 0 spiro atoms. The van der Waals surface area contributed by atoms with E-state index < -0.39 is 42.5 Å². The predicted octanol–water partition coefficient (Wildman–Crippen LogP) is 4.63. The third-order valence-corrected chi connectivity index (χ3v) is 1.40. The lowest BCUT2D eigenvalue weighted by Crippen LogP contribution is -2.31. The van der Waals surface area contributed by atoms with Gasteiger partial charge in [-0.1, -0.05) is 0 Å². The van der Waals surface area contributed by atoms with Crippen molar-refractivity contribution in [2.45, 2.75) is 30.9 Å². The Balaban J connectivity index is 5.45. The maximum absolute atomic E-state index is 12.4. The van der Waals surface area contributed by atoms with Gasteiger partial charge in [-0.25, -0.2) is 8.78 Å². The molecular weight excluding hydrogens is 293 g/mol. The van der Waals surface area contributed by atoms with E-state index in [0.29, 0.717) is 0 Å². The van der Waals surface area contributed by atoms with E-state index in [1.54, 1.807) is 0 Å². The predicted molar refractivity (Wildman–Crippen MR) is 35.8 cm³/mol. The van der Waals surface area contributed by atoms with Crippen molar-refractivity contribution < 1.29 is 48.3 Å². The monoisotopic (exact) mass is 296 g/mol. The molecule has 0 aromatic rings. The second-order valence-electron chi connectivity index (χ2n) is 3.11. The van der Waals surface area contributed by atoms with Gasteiger partial charge in [0, 0.05) is 6.08 Å². The lowest BCUT2D eigenvalue weighted by Gasteiger charge is -2.19. The van der Waals surface area contributed by atoms with E-state index in [9.17, 15) is 48.3 Å². The van der Waals surface area contributed by atoms with E-state index in [2.05, 4.69) is 0 Å². The Morgan fingerprint density at radius 2 is 1.00 bits per heavy atom. The zero-order chi connectivity index (χ0) is 15.0. The average Bonchev–Trinajstić information content (AvgIpc) is 1.90. The van der Waals surface area contributed by atoms with E-state index >= 15 is 0 Å². The first-order chi connectivity index (χ1) is 7.55. The first kappa shape index (κ1) is 17.0. The smallest absolute Gasteiger partial charge is 0.202 e. The van der Waals surface area contributed by atoms with Crippen LogP contribution in [0.5, 0.6) is 0 Å². The molecule has 108 valence electrons. The lowest BCUT2D eigenvalue weighted by molar-refractivity contribution is -0.187. The van der Waals surface area contributed by atoms with Gasteiger partial charge in [0.05, 0.1) is 0 Å². The molecule has 0 fully saturated rings. The highest BCUT2D eigenvalue weighted by molar-refractivity contribution is 5.19. The molecule has 0 aliphatic carbocycles. The molecule has 0 saturated heterocycles. The maximum Gasteiger partial charge on any atom is 0.421 e. The van der Waals surface area contributed by atoms with Crippen LogP contribution in [0, 0.1) is 0 Å². The van der Waals surface area contributed by atoms with Crippen molar-refractivity contribution in [3.05, 3.63) is 11.6 Å². The van der Waals surface area contributed by atoms with E-state index in [4.69, 9.17) is 0 Å². The van der Waals surface area contributed by atoms with Crippen molar-refractivity contribution in [2.24, 2.45) is 0 Å². The van der Waals surface area contributed by atoms with Crippen LogP contribution in [-0.4, -0.2) is 24.5 Å². The first-order valence-electron chi connectivity index (χ1n) is 3.86. The molecule has 0 N–H and O–H groups in total. The summed E-state index contributed by atoms with van der Waals surface area (Å²) in [4.78, 5) is 0. The second kappa shape index (κ2) is 4.57. The van der Waals surface area contributed by atoms with Crippen LogP contribution in [0.15, 0.2) is 11.6 Å². The van der Waals surface area contributed by atoms with Crippen molar-refractivity contribution in [3.8, 4) is 0 Å². The summed E-state index contributed by atoms with van der Waals surface area (Å²) in [6, 6.07) is 0. The van der Waals surface area contributed by atoms with Crippen LogP contribution in [0.25, 0.3) is 0 Å². The summed E-state index contributed by atoms with van der Waals surface area (Å²) in [6.45, 7) is 0. The Bertz CT molecular complexity index is 296. The Labute approximate surface area is 92.1 Å². The zero-order valence-corrected chi connectivity index (χ0v) is 7.94. The molecular formula is C7H3F11. The number of rotatable bonds is 2. The fourth-order valence-corrected chi connectivity index (χ4v) is 0.854. The molecule has 18 heavy (non-hydrogen) atoms. The van der Waals surface area contributed by atoms with Crippen molar-refractivity contribution in [2.75, 3.05) is 0 Å². The molecule has 0 unspecified atom stereocenters. The molecule has 0 aromatic carbocycles. The van der Waals surface area contributed by atoms with Gasteiger partial charge in [0.1, 0.15) is 12.0 Å². The van der Waals surface area contributed by atoms with Gasteiger partial charge in [0.2, 0.25) is 0 Å². The highest BCUT2D eigenvalue weighted by atomic mass is 19.4. The summed E-state index contributed by atoms with van der Waals surface area (Å²) in [6.07, 6.45) is -22.9. The number of hydrogen-bond acceptors (Lipinski definition) is 0. The standard InChI is InChI=1S/C7H3F11/c8-4(9,2-5(10,11)12)1-3(6(13,14)15)7(16,17)18/h1H,2H2. The summed E-state index contributed by atoms with van der Waals surface area (Å²) < 4.78 is 130. The molecule has 0 heterocycles. The van der Waals surface area contributed by atoms with Gasteiger partial charge >= 0.3 is 18.5 Å².